The Morgan fingerprint density at radius 3 is 2.00 bits per heavy atom. The standard InChI is InChI=1S/C24H30N4O.C7H7NO/c1-3-17-28(21(4-2)18-25-24(29)22-15-16-26-27-22)23(19-11-7-5-8-12-19)20-13-9-6-10-14-20;1-6(9)7-3-2-4-8-5-7/h5-16,21,23H,3-4,17-18H2,1-2H3,(H,25,29)(H,26,27);2-5H,1H3. The van der Waals surface area contributed by atoms with Crippen molar-refractivity contribution in [1.29, 1.82) is 0 Å². The van der Waals surface area contributed by atoms with Crippen molar-refractivity contribution in [2.24, 2.45) is 0 Å². The second kappa shape index (κ2) is 15.2. The van der Waals surface area contributed by atoms with Crippen molar-refractivity contribution in [3.05, 3.63) is 120 Å². The fraction of sp³-hybridized carbons (Fsp3) is 0.290. The van der Waals surface area contributed by atoms with Gasteiger partial charge in [0, 0.05) is 36.7 Å². The monoisotopic (exact) mass is 511 g/mol. The molecule has 4 aromatic rings. The normalized spacial score (nSPS) is 11.5. The number of carbonyl (C=O) groups is 2. The molecule has 0 aliphatic heterocycles. The van der Waals surface area contributed by atoms with Crippen LogP contribution in [0.15, 0.2) is 97.5 Å². The smallest absolute Gasteiger partial charge is 0.269 e. The molecular formula is C31H37N5O2. The molecule has 0 saturated heterocycles. The van der Waals surface area contributed by atoms with Crippen LogP contribution in [0.25, 0.3) is 0 Å². The fourth-order valence-electron chi connectivity index (χ4n) is 4.38. The van der Waals surface area contributed by atoms with E-state index in [2.05, 4.69) is 99.9 Å². The van der Waals surface area contributed by atoms with Crippen LogP contribution < -0.4 is 5.32 Å². The molecule has 0 saturated carbocycles. The van der Waals surface area contributed by atoms with E-state index < -0.39 is 0 Å². The molecule has 0 aliphatic carbocycles. The predicted octanol–water partition coefficient (Wildman–Crippen LogP) is 5.70. The van der Waals surface area contributed by atoms with Crippen LogP contribution in [-0.4, -0.2) is 50.9 Å². The largest absolute Gasteiger partial charge is 0.349 e. The van der Waals surface area contributed by atoms with Gasteiger partial charge in [-0.1, -0.05) is 74.5 Å². The number of aromatic nitrogens is 3. The number of ketones is 1. The first kappa shape index (κ1) is 28.5. The van der Waals surface area contributed by atoms with Gasteiger partial charge >= 0.3 is 0 Å². The van der Waals surface area contributed by atoms with Gasteiger partial charge < -0.3 is 5.32 Å². The quantitative estimate of drug-likeness (QED) is 0.252. The van der Waals surface area contributed by atoms with E-state index in [1.807, 2.05) is 0 Å². The van der Waals surface area contributed by atoms with Crippen LogP contribution in [0.1, 0.15) is 71.6 Å². The molecule has 7 heteroatoms. The summed E-state index contributed by atoms with van der Waals surface area (Å²) in [6, 6.07) is 26.8. The first-order valence-corrected chi connectivity index (χ1v) is 13.1. The highest BCUT2D eigenvalue weighted by molar-refractivity contribution is 5.93. The summed E-state index contributed by atoms with van der Waals surface area (Å²) in [6.45, 7) is 7.45. The maximum atomic E-state index is 12.4. The zero-order chi connectivity index (χ0) is 27.2. The second-order valence-electron chi connectivity index (χ2n) is 9.00. The number of nitrogens with one attached hydrogen (secondary N) is 2. The van der Waals surface area contributed by atoms with Crippen molar-refractivity contribution in [2.75, 3.05) is 13.1 Å². The molecule has 4 rings (SSSR count). The lowest BCUT2D eigenvalue weighted by molar-refractivity contribution is 0.0911. The third kappa shape index (κ3) is 8.21. The molecule has 1 unspecified atom stereocenters. The van der Waals surface area contributed by atoms with Gasteiger partial charge in [-0.25, -0.2) is 0 Å². The number of nitrogens with zero attached hydrogens (tertiary/aromatic N) is 3. The van der Waals surface area contributed by atoms with Gasteiger partial charge in [-0.15, -0.1) is 0 Å². The van der Waals surface area contributed by atoms with Crippen LogP contribution in [-0.2, 0) is 0 Å². The van der Waals surface area contributed by atoms with E-state index in [1.165, 1.54) is 18.1 Å². The minimum atomic E-state index is -0.117. The Labute approximate surface area is 225 Å². The molecule has 2 aromatic carbocycles. The molecule has 2 aromatic heterocycles. The summed E-state index contributed by atoms with van der Waals surface area (Å²) in [5, 5.41) is 9.68. The van der Waals surface area contributed by atoms with Crippen LogP contribution in [0, 0.1) is 0 Å². The Kier molecular flexibility index (Phi) is 11.4. The maximum Gasteiger partial charge on any atom is 0.269 e. The van der Waals surface area contributed by atoms with E-state index in [4.69, 9.17) is 0 Å². The van der Waals surface area contributed by atoms with Crippen molar-refractivity contribution in [2.45, 2.75) is 45.7 Å². The third-order valence-electron chi connectivity index (χ3n) is 6.30. The van der Waals surface area contributed by atoms with Crippen LogP contribution in [0.3, 0.4) is 0 Å². The highest BCUT2D eigenvalue weighted by Crippen LogP contribution is 2.31. The van der Waals surface area contributed by atoms with Gasteiger partial charge in [0.15, 0.2) is 5.78 Å². The highest BCUT2D eigenvalue weighted by Gasteiger charge is 2.28. The minimum absolute atomic E-state index is 0.0584. The zero-order valence-electron chi connectivity index (χ0n) is 22.4. The first-order chi connectivity index (χ1) is 18.5. The topological polar surface area (TPSA) is 91.0 Å². The number of pyridine rings is 1. The van der Waals surface area contributed by atoms with Crippen molar-refractivity contribution < 1.29 is 9.59 Å². The molecule has 0 radical (unpaired) electrons. The summed E-state index contributed by atoms with van der Waals surface area (Å²) < 4.78 is 0. The van der Waals surface area contributed by atoms with E-state index in [9.17, 15) is 9.59 Å². The van der Waals surface area contributed by atoms with Gasteiger partial charge in [-0.3, -0.25) is 24.6 Å². The number of benzene rings is 2. The summed E-state index contributed by atoms with van der Waals surface area (Å²) in [4.78, 5) is 29.3. The summed E-state index contributed by atoms with van der Waals surface area (Å²) in [5.74, 6) is -0.0588. The number of aromatic amines is 1. The van der Waals surface area contributed by atoms with E-state index in [-0.39, 0.29) is 23.8 Å². The molecule has 2 N–H and O–H groups in total. The van der Waals surface area contributed by atoms with Crippen LogP contribution in [0.2, 0.25) is 0 Å². The van der Waals surface area contributed by atoms with Crippen LogP contribution in [0.4, 0.5) is 0 Å². The Hall–Kier alpha value is -4.10. The third-order valence-corrected chi connectivity index (χ3v) is 6.30. The number of amides is 1. The molecule has 198 valence electrons. The average Bonchev–Trinajstić information content (AvgIpc) is 3.51. The van der Waals surface area contributed by atoms with Gasteiger partial charge in [0.05, 0.1) is 6.04 Å². The Morgan fingerprint density at radius 1 is 0.895 bits per heavy atom. The number of carbonyl (C=O) groups excluding carboxylic acids is 2. The lowest BCUT2D eigenvalue weighted by Crippen LogP contribution is -2.46. The molecule has 1 amide bonds. The summed E-state index contributed by atoms with van der Waals surface area (Å²) in [6.07, 6.45) is 6.78. The van der Waals surface area contributed by atoms with Gasteiger partial charge in [0.25, 0.3) is 5.91 Å². The minimum Gasteiger partial charge on any atom is -0.349 e. The fourth-order valence-corrected chi connectivity index (χ4v) is 4.38. The van der Waals surface area contributed by atoms with Gasteiger partial charge in [-0.2, -0.15) is 5.10 Å². The van der Waals surface area contributed by atoms with E-state index in [0.717, 1.165) is 19.4 Å². The Morgan fingerprint density at radius 2 is 1.55 bits per heavy atom. The SMILES string of the molecule is CC(=O)c1cccnc1.CCCN(C(CC)CNC(=O)c1ccn[nH]1)C(c1ccccc1)c1ccccc1. The number of H-pyrrole nitrogens is 1. The molecule has 7 nitrogen and oxygen atoms in total. The van der Waals surface area contributed by atoms with Crippen LogP contribution in [0.5, 0.6) is 0 Å². The number of hydrogen-bond donors (Lipinski definition) is 2. The van der Waals surface area contributed by atoms with Gasteiger partial charge in [0.2, 0.25) is 0 Å². The second-order valence-corrected chi connectivity index (χ2v) is 9.00. The van der Waals surface area contributed by atoms with Crippen molar-refractivity contribution in [1.82, 2.24) is 25.4 Å². The molecule has 2 heterocycles. The van der Waals surface area contributed by atoms with Crippen molar-refractivity contribution in [3.8, 4) is 0 Å². The molecule has 0 fully saturated rings. The first-order valence-electron chi connectivity index (χ1n) is 13.1. The zero-order valence-corrected chi connectivity index (χ0v) is 22.4. The number of hydrogen-bond acceptors (Lipinski definition) is 5. The molecule has 0 spiro atoms. The predicted molar refractivity (Wildman–Crippen MR) is 151 cm³/mol. The number of Topliss-reactive ketones (excluding diaryl/α,β-unsaturated/α-hetero) is 1. The van der Waals surface area contributed by atoms with Crippen molar-refractivity contribution in [3.63, 3.8) is 0 Å². The lowest BCUT2D eigenvalue weighted by atomic mass is 9.94. The van der Waals surface area contributed by atoms with Gasteiger partial charge in [-0.05, 0) is 55.6 Å². The molecule has 0 aliphatic rings. The summed E-state index contributed by atoms with van der Waals surface area (Å²) in [7, 11) is 0. The molecule has 38 heavy (non-hydrogen) atoms. The summed E-state index contributed by atoms with van der Waals surface area (Å²) >= 11 is 0. The lowest BCUT2D eigenvalue weighted by Gasteiger charge is -2.38. The molecule has 0 bridgehead atoms. The Bertz CT molecular complexity index is 1180. The number of rotatable bonds is 11. The molecule has 1 atom stereocenters. The average molecular weight is 512 g/mol. The van der Waals surface area contributed by atoms with Gasteiger partial charge in [0.1, 0.15) is 5.69 Å². The molecular weight excluding hydrogens is 474 g/mol. The van der Waals surface area contributed by atoms with E-state index >= 15 is 0 Å². The maximum absolute atomic E-state index is 12.4. The highest BCUT2D eigenvalue weighted by atomic mass is 16.2. The Balaban J connectivity index is 0.000000375. The van der Waals surface area contributed by atoms with Crippen molar-refractivity contribution >= 4 is 11.7 Å². The summed E-state index contributed by atoms with van der Waals surface area (Å²) in [5.41, 5.74) is 3.69. The van der Waals surface area contributed by atoms with E-state index in [0.29, 0.717) is 17.8 Å². The van der Waals surface area contributed by atoms with Crippen LogP contribution >= 0.6 is 0 Å². The van der Waals surface area contributed by atoms with E-state index in [1.54, 1.807) is 36.8 Å².